The molecule has 0 saturated carbocycles. The first-order valence-corrected chi connectivity index (χ1v) is 6.05. The lowest BCUT2D eigenvalue weighted by Crippen LogP contribution is -2.39. The van der Waals surface area contributed by atoms with Gasteiger partial charge in [0.25, 0.3) is 0 Å². The van der Waals surface area contributed by atoms with Crippen molar-refractivity contribution in [3.63, 3.8) is 0 Å². The van der Waals surface area contributed by atoms with Gasteiger partial charge < -0.3 is 10.4 Å². The van der Waals surface area contributed by atoms with Crippen molar-refractivity contribution in [3.8, 4) is 0 Å². The van der Waals surface area contributed by atoms with E-state index in [9.17, 15) is 13.9 Å². The van der Waals surface area contributed by atoms with E-state index in [1.54, 1.807) is 6.92 Å². The van der Waals surface area contributed by atoms with Gasteiger partial charge in [-0.15, -0.1) is 0 Å². The fraction of sp³-hybridized carbons (Fsp3) is 0.571. The summed E-state index contributed by atoms with van der Waals surface area (Å²) in [5.41, 5.74) is -0.825. The molecule has 0 heterocycles. The molecule has 1 rings (SSSR count). The van der Waals surface area contributed by atoms with Crippen molar-refractivity contribution < 1.29 is 13.9 Å². The van der Waals surface area contributed by atoms with Crippen molar-refractivity contribution in [3.05, 3.63) is 35.4 Å². The van der Waals surface area contributed by atoms with E-state index in [-0.39, 0.29) is 5.54 Å². The van der Waals surface area contributed by atoms with Gasteiger partial charge in [0.1, 0.15) is 0 Å². The molecule has 102 valence electrons. The fourth-order valence-electron chi connectivity index (χ4n) is 1.66. The highest BCUT2D eigenvalue weighted by Gasteiger charge is 2.24. The number of aliphatic hydroxyl groups is 1. The zero-order valence-electron chi connectivity index (χ0n) is 11.3. The third kappa shape index (κ3) is 4.35. The van der Waals surface area contributed by atoms with Gasteiger partial charge in [-0.05, 0) is 58.4 Å². The van der Waals surface area contributed by atoms with E-state index in [0.29, 0.717) is 18.5 Å². The SMILES string of the molecule is CC(C)(C)NCCC(C)(O)c1ccc(F)c(F)c1. The van der Waals surface area contributed by atoms with Crippen LogP contribution in [0.5, 0.6) is 0 Å². The van der Waals surface area contributed by atoms with E-state index in [2.05, 4.69) is 5.32 Å². The van der Waals surface area contributed by atoms with Crippen molar-refractivity contribution in [2.75, 3.05) is 6.54 Å². The van der Waals surface area contributed by atoms with Crippen LogP contribution in [0.3, 0.4) is 0 Å². The van der Waals surface area contributed by atoms with E-state index in [4.69, 9.17) is 0 Å². The van der Waals surface area contributed by atoms with Crippen LogP contribution >= 0.6 is 0 Å². The second-order valence-electron chi connectivity index (χ2n) is 5.83. The normalized spacial score (nSPS) is 15.5. The molecule has 1 atom stereocenters. The summed E-state index contributed by atoms with van der Waals surface area (Å²) in [6.45, 7) is 8.28. The van der Waals surface area contributed by atoms with Gasteiger partial charge in [0.2, 0.25) is 0 Å². The molecule has 1 unspecified atom stereocenters. The smallest absolute Gasteiger partial charge is 0.159 e. The molecule has 2 nitrogen and oxygen atoms in total. The Bertz CT molecular complexity index is 411. The van der Waals surface area contributed by atoms with Gasteiger partial charge in [0.15, 0.2) is 11.6 Å². The minimum atomic E-state index is -1.17. The fourth-order valence-corrected chi connectivity index (χ4v) is 1.66. The van der Waals surface area contributed by atoms with Crippen LogP contribution < -0.4 is 5.32 Å². The molecule has 2 N–H and O–H groups in total. The minimum Gasteiger partial charge on any atom is -0.385 e. The molecule has 0 bridgehead atoms. The van der Waals surface area contributed by atoms with Crippen LogP contribution in [-0.2, 0) is 5.60 Å². The van der Waals surface area contributed by atoms with Crippen molar-refractivity contribution >= 4 is 0 Å². The first-order chi connectivity index (χ1) is 8.12. The molecule has 0 aliphatic carbocycles. The highest BCUT2D eigenvalue weighted by molar-refractivity contribution is 5.23. The van der Waals surface area contributed by atoms with E-state index >= 15 is 0 Å². The predicted molar refractivity (Wildman–Crippen MR) is 68.3 cm³/mol. The maximum atomic E-state index is 13.1. The number of hydrogen-bond acceptors (Lipinski definition) is 2. The number of nitrogens with one attached hydrogen (secondary N) is 1. The third-order valence-corrected chi connectivity index (χ3v) is 2.81. The van der Waals surface area contributed by atoms with Crippen molar-refractivity contribution in [1.82, 2.24) is 5.32 Å². The predicted octanol–water partition coefficient (Wildman–Crippen LogP) is 2.95. The molecule has 0 fully saturated rings. The monoisotopic (exact) mass is 257 g/mol. The summed E-state index contributed by atoms with van der Waals surface area (Å²) in [6, 6.07) is 3.50. The first kappa shape index (κ1) is 15.1. The summed E-state index contributed by atoms with van der Waals surface area (Å²) in [7, 11) is 0. The zero-order chi connectivity index (χ0) is 14.0. The molecule has 0 spiro atoms. The number of rotatable bonds is 4. The van der Waals surface area contributed by atoms with Crippen LogP contribution in [0, 0.1) is 11.6 Å². The Balaban J connectivity index is 2.70. The lowest BCUT2D eigenvalue weighted by Gasteiger charge is -2.27. The van der Waals surface area contributed by atoms with Gasteiger partial charge in [0.05, 0.1) is 5.60 Å². The Morgan fingerprint density at radius 1 is 1.11 bits per heavy atom. The van der Waals surface area contributed by atoms with Crippen LogP contribution in [0.2, 0.25) is 0 Å². The number of hydrogen-bond donors (Lipinski definition) is 2. The maximum Gasteiger partial charge on any atom is 0.159 e. The summed E-state index contributed by atoms with van der Waals surface area (Å²) < 4.78 is 25.9. The quantitative estimate of drug-likeness (QED) is 0.869. The van der Waals surface area contributed by atoms with Gasteiger partial charge in [-0.1, -0.05) is 6.07 Å². The first-order valence-electron chi connectivity index (χ1n) is 6.05. The Morgan fingerprint density at radius 2 is 1.72 bits per heavy atom. The van der Waals surface area contributed by atoms with Gasteiger partial charge >= 0.3 is 0 Å². The van der Waals surface area contributed by atoms with Gasteiger partial charge in [0, 0.05) is 5.54 Å². The molecule has 0 radical (unpaired) electrons. The molecule has 1 aromatic carbocycles. The van der Waals surface area contributed by atoms with Gasteiger partial charge in [-0.25, -0.2) is 8.78 Å². The van der Waals surface area contributed by atoms with Crippen LogP contribution in [-0.4, -0.2) is 17.2 Å². The molecular weight excluding hydrogens is 236 g/mol. The minimum absolute atomic E-state index is 0.0376. The van der Waals surface area contributed by atoms with Crippen molar-refractivity contribution in [1.29, 1.82) is 0 Å². The highest BCUT2D eigenvalue weighted by Crippen LogP contribution is 2.25. The van der Waals surface area contributed by atoms with Crippen LogP contribution in [0.1, 0.15) is 39.7 Å². The average molecular weight is 257 g/mol. The van der Waals surface area contributed by atoms with Gasteiger partial charge in [-0.2, -0.15) is 0 Å². The Kier molecular flexibility index (Phi) is 4.46. The van der Waals surface area contributed by atoms with Crippen LogP contribution in [0.25, 0.3) is 0 Å². The largest absolute Gasteiger partial charge is 0.385 e. The number of benzene rings is 1. The van der Waals surface area contributed by atoms with Gasteiger partial charge in [-0.3, -0.25) is 0 Å². The topological polar surface area (TPSA) is 32.3 Å². The molecule has 4 heteroatoms. The zero-order valence-corrected chi connectivity index (χ0v) is 11.3. The molecule has 0 amide bonds. The summed E-state index contributed by atoms with van der Waals surface area (Å²) in [4.78, 5) is 0. The molecule has 0 aliphatic heterocycles. The van der Waals surface area contributed by atoms with Crippen LogP contribution in [0.15, 0.2) is 18.2 Å². The van der Waals surface area contributed by atoms with Crippen molar-refractivity contribution in [2.45, 2.75) is 45.3 Å². The second-order valence-corrected chi connectivity index (χ2v) is 5.83. The molecule has 0 saturated heterocycles. The van der Waals surface area contributed by atoms with E-state index in [1.165, 1.54) is 6.07 Å². The van der Waals surface area contributed by atoms with E-state index in [0.717, 1.165) is 12.1 Å². The summed E-state index contributed by atoms with van der Waals surface area (Å²) in [5.74, 6) is -1.83. The molecule has 1 aromatic rings. The van der Waals surface area contributed by atoms with E-state index < -0.39 is 17.2 Å². The Hall–Kier alpha value is -1.00. The molecule has 18 heavy (non-hydrogen) atoms. The van der Waals surface area contributed by atoms with Crippen molar-refractivity contribution in [2.24, 2.45) is 0 Å². The Labute approximate surface area is 107 Å². The van der Waals surface area contributed by atoms with Crippen LogP contribution in [0.4, 0.5) is 8.78 Å². The lowest BCUT2D eigenvalue weighted by molar-refractivity contribution is 0.0459. The summed E-state index contributed by atoms with van der Waals surface area (Å²) in [6.07, 6.45) is 0.426. The lowest BCUT2D eigenvalue weighted by atomic mass is 9.92. The molecule has 0 aromatic heterocycles. The molecule has 0 aliphatic rings. The van der Waals surface area contributed by atoms with E-state index in [1.807, 2.05) is 20.8 Å². The summed E-state index contributed by atoms with van der Waals surface area (Å²) in [5, 5.41) is 13.5. The third-order valence-electron chi connectivity index (χ3n) is 2.81. The average Bonchev–Trinajstić information content (AvgIpc) is 2.19. The second kappa shape index (κ2) is 5.33. The Morgan fingerprint density at radius 3 is 2.22 bits per heavy atom. The maximum absolute atomic E-state index is 13.1. The number of halogens is 2. The standard InChI is InChI=1S/C14H21F2NO/c1-13(2,3)17-8-7-14(4,18)10-5-6-11(15)12(16)9-10/h5-6,9,17-18H,7-8H2,1-4H3. The molecular formula is C14H21F2NO. The summed E-state index contributed by atoms with van der Waals surface area (Å²) >= 11 is 0. The highest BCUT2D eigenvalue weighted by atomic mass is 19.2.